The minimum atomic E-state index is -2.64. The number of nitrogens with zero attached hydrogens (tertiary/aromatic N) is 2. The van der Waals surface area contributed by atoms with Crippen LogP contribution in [0.1, 0.15) is 11.7 Å². The lowest BCUT2D eigenvalue weighted by atomic mass is 10.2. The lowest BCUT2D eigenvalue weighted by Crippen LogP contribution is -1.95. The van der Waals surface area contributed by atoms with Crippen LogP contribution >= 0.6 is 34.1 Å². The van der Waals surface area contributed by atoms with Crippen LogP contribution in [0.3, 0.4) is 0 Å². The van der Waals surface area contributed by atoms with E-state index < -0.39 is 15.8 Å². The van der Waals surface area contributed by atoms with Crippen molar-refractivity contribution in [3.63, 3.8) is 0 Å². The zero-order chi connectivity index (χ0) is 12.0. The molecule has 17 heavy (non-hydrogen) atoms. The van der Waals surface area contributed by atoms with Gasteiger partial charge in [-0.2, -0.15) is 4.37 Å². The number of hydrogen-bond donors (Lipinski definition) is 0. The Morgan fingerprint density at radius 2 is 1.88 bits per heavy atom. The fourth-order valence-corrected chi connectivity index (χ4v) is 3.34. The molecule has 2 atom stereocenters. The van der Waals surface area contributed by atoms with Gasteiger partial charge < -0.3 is 0 Å². The van der Waals surface area contributed by atoms with Gasteiger partial charge >= 0.3 is 0 Å². The molecule has 1 aliphatic carbocycles. The van der Waals surface area contributed by atoms with Crippen molar-refractivity contribution in [1.29, 1.82) is 0 Å². The predicted molar refractivity (Wildman–Crippen MR) is 70.8 cm³/mol. The van der Waals surface area contributed by atoms with E-state index in [1.165, 1.54) is 11.5 Å². The molecule has 88 valence electrons. The van der Waals surface area contributed by atoms with Gasteiger partial charge in [0.2, 0.25) is 0 Å². The number of halogens is 3. The maximum absolute atomic E-state index is 13.2. The summed E-state index contributed by atoms with van der Waals surface area (Å²) in [6.45, 7) is 0. The molecular weight excluding hydrogens is 357 g/mol. The molecule has 2 aromatic rings. The average Bonchev–Trinajstić information content (AvgIpc) is 2.72. The molecule has 0 bridgehead atoms. The highest BCUT2D eigenvalue weighted by molar-refractivity contribution is 14.1. The SMILES string of the molecule is FC1(F)[C@H](I)[C@H]1c1nsc(-c2ccccc2)n1. The van der Waals surface area contributed by atoms with Crippen LogP contribution in [0.15, 0.2) is 30.3 Å². The van der Waals surface area contributed by atoms with Gasteiger partial charge in [-0.15, -0.1) is 0 Å². The molecule has 1 heterocycles. The highest BCUT2D eigenvalue weighted by Crippen LogP contribution is 2.60. The quantitative estimate of drug-likeness (QED) is 0.599. The van der Waals surface area contributed by atoms with Crippen molar-refractivity contribution in [3.8, 4) is 10.6 Å². The smallest absolute Gasteiger partial charge is 0.219 e. The molecule has 1 aromatic heterocycles. The predicted octanol–water partition coefficient (Wildman–Crippen LogP) is 3.74. The van der Waals surface area contributed by atoms with Gasteiger partial charge in [0.15, 0.2) is 5.82 Å². The van der Waals surface area contributed by atoms with Crippen molar-refractivity contribution in [2.75, 3.05) is 0 Å². The normalized spacial score (nSPS) is 25.8. The first-order valence-corrected chi connectivity index (χ1v) is 7.03. The second-order valence-electron chi connectivity index (χ2n) is 3.88. The van der Waals surface area contributed by atoms with Crippen LogP contribution in [-0.4, -0.2) is 19.2 Å². The Morgan fingerprint density at radius 3 is 2.47 bits per heavy atom. The molecule has 0 radical (unpaired) electrons. The summed E-state index contributed by atoms with van der Waals surface area (Å²) in [6, 6.07) is 9.49. The monoisotopic (exact) mass is 364 g/mol. The fourth-order valence-electron chi connectivity index (χ4n) is 1.65. The van der Waals surface area contributed by atoms with Gasteiger partial charge in [0.1, 0.15) is 10.9 Å². The lowest BCUT2D eigenvalue weighted by Gasteiger charge is -1.92. The van der Waals surface area contributed by atoms with E-state index in [9.17, 15) is 8.78 Å². The van der Waals surface area contributed by atoms with Gasteiger partial charge in [-0.25, -0.2) is 13.8 Å². The van der Waals surface area contributed by atoms with Crippen LogP contribution in [0, 0.1) is 0 Å². The molecule has 1 saturated carbocycles. The first kappa shape index (κ1) is 11.5. The van der Waals surface area contributed by atoms with Crippen molar-refractivity contribution >= 4 is 34.1 Å². The van der Waals surface area contributed by atoms with Crippen molar-refractivity contribution in [1.82, 2.24) is 9.36 Å². The lowest BCUT2D eigenvalue weighted by molar-refractivity contribution is 0.114. The summed E-state index contributed by atoms with van der Waals surface area (Å²) in [5.41, 5.74) is 0.922. The van der Waals surface area contributed by atoms with E-state index in [1.54, 1.807) is 22.6 Å². The van der Waals surface area contributed by atoms with Crippen LogP contribution in [0.5, 0.6) is 0 Å². The number of hydrogen-bond acceptors (Lipinski definition) is 3. The Kier molecular flexibility index (Phi) is 2.66. The van der Waals surface area contributed by atoms with Crippen LogP contribution in [0.25, 0.3) is 10.6 Å². The topological polar surface area (TPSA) is 25.8 Å². The fraction of sp³-hybridized carbons (Fsp3) is 0.273. The molecule has 0 amide bonds. The second kappa shape index (κ2) is 3.94. The van der Waals surface area contributed by atoms with Crippen molar-refractivity contribution in [2.45, 2.75) is 15.8 Å². The zero-order valence-electron chi connectivity index (χ0n) is 8.48. The maximum Gasteiger partial charge on any atom is 0.271 e. The second-order valence-corrected chi connectivity index (χ2v) is 5.97. The van der Waals surface area contributed by atoms with Gasteiger partial charge in [-0.3, -0.25) is 0 Å². The Labute approximate surface area is 114 Å². The molecule has 0 N–H and O–H groups in total. The molecule has 0 unspecified atom stereocenters. The van der Waals surface area contributed by atoms with Crippen LogP contribution < -0.4 is 0 Å². The van der Waals surface area contributed by atoms with Crippen LogP contribution in [-0.2, 0) is 0 Å². The van der Waals surface area contributed by atoms with Crippen molar-refractivity contribution < 1.29 is 8.78 Å². The molecule has 1 aliphatic rings. The average molecular weight is 364 g/mol. The summed E-state index contributed by atoms with van der Waals surface area (Å²) in [5.74, 6) is -3.18. The summed E-state index contributed by atoms with van der Waals surface area (Å²) in [6.07, 6.45) is 0. The van der Waals surface area contributed by atoms with Gasteiger partial charge in [-0.1, -0.05) is 52.9 Å². The zero-order valence-corrected chi connectivity index (χ0v) is 11.5. The molecule has 2 nitrogen and oxygen atoms in total. The summed E-state index contributed by atoms with van der Waals surface area (Å²) in [7, 11) is 0. The Bertz CT molecular complexity index is 543. The van der Waals surface area contributed by atoms with E-state index in [0.717, 1.165) is 5.56 Å². The van der Waals surface area contributed by atoms with E-state index in [2.05, 4.69) is 9.36 Å². The summed E-state index contributed by atoms with van der Waals surface area (Å²) >= 11 is 2.94. The van der Waals surface area contributed by atoms with E-state index in [1.807, 2.05) is 30.3 Å². The third kappa shape index (κ3) is 1.87. The maximum atomic E-state index is 13.2. The molecule has 0 saturated heterocycles. The first-order valence-electron chi connectivity index (χ1n) is 5.01. The molecule has 1 fully saturated rings. The summed E-state index contributed by atoms with van der Waals surface area (Å²) < 4.78 is 29.8. The van der Waals surface area contributed by atoms with E-state index in [-0.39, 0.29) is 5.82 Å². The number of rotatable bonds is 2. The van der Waals surface area contributed by atoms with Gasteiger partial charge in [0.25, 0.3) is 5.92 Å². The summed E-state index contributed by atoms with van der Waals surface area (Å²) in [4.78, 5) is 4.21. The van der Waals surface area contributed by atoms with Gasteiger partial charge in [0, 0.05) is 5.56 Å². The standard InChI is InChI=1S/C11H7F2IN2S/c12-11(13)7(8(11)14)9-15-10(17-16-9)6-4-2-1-3-5-6/h1-5,7-8H/t7-,8+/m0/s1. The molecule has 0 aliphatic heterocycles. The minimum absolute atomic E-state index is 0.276. The Morgan fingerprint density at radius 1 is 1.24 bits per heavy atom. The van der Waals surface area contributed by atoms with E-state index in [0.29, 0.717) is 5.01 Å². The van der Waals surface area contributed by atoms with Crippen LogP contribution in [0.4, 0.5) is 8.78 Å². The Hall–Kier alpha value is -0.630. The number of alkyl halides is 3. The van der Waals surface area contributed by atoms with E-state index >= 15 is 0 Å². The largest absolute Gasteiger partial charge is 0.271 e. The molecule has 0 spiro atoms. The number of benzene rings is 1. The van der Waals surface area contributed by atoms with Crippen molar-refractivity contribution in [2.24, 2.45) is 0 Å². The molecule has 1 aromatic carbocycles. The number of aromatic nitrogens is 2. The van der Waals surface area contributed by atoms with Crippen LogP contribution in [0.2, 0.25) is 0 Å². The molecular formula is C11H7F2IN2S. The van der Waals surface area contributed by atoms with Gasteiger partial charge in [-0.05, 0) is 11.5 Å². The minimum Gasteiger partial charge on any atom is -0.219 e. The molecule has 6 heteroatoms. The van der Waals surface area contributed by atoms with E-state index in [4.69, 9.17) is 0 Å². The summed E-state index contributed by atoms with van der Waals surface area (Å²) in [5, 5.41) is 0.701. The highest BCUT2D eigenvalue weighted by Gasteiger charge is 2.69. The third-order valence-electron chi connectivity index (χ3n) is 2.71. The van der Waals surface area contributed by atoms with Gasteiger partial charge in [0.05, 0.1) is 3.92 Å². The third-order valence-corrected chi connectivity index (χ3v) is 5.03. The highest BCUT2D eigenvalue weighted by atomic mass is 127. The first-order chi connectivity index (χ1) is 8.10. The van der Waals surface area contributed by atoms with Crippen molar-refractivity contribution in [3.05, 3.63) is 36.2 Å². The Balaban J connectivity index is 1.90. The molecule has 3 rings (SSSR count).